The largest absolute Gasteiger partial charge is 2.00 e. The molecule has 0 amide bonds. The molecular weight excluding hydrogens is 220 g/mol. The van der Waals surface area contributed by atoms with Crippen molar-refractivity contribution in [1.82, 2.24) is 0 Å². The molecule has 0 aliphatic carbocycles. The van der Waals surface area contributed by atoms with Gasteiger partial charge in [0.15, 0.2) is 0 Å². The van der Waals surface area contributed by atoms with Crippen molar-refractivity contribution < 1.29 is 30.0 Å². The van der Waals surface area contributed by atoms with Crippen molar-refractivity contribution in [3.05, 3.63) is 29.8 Å². The van der Waals surface area contributed by atoms with Crippen LogP contribution in [0.2, 0.25) is 0 Å². The summed E-state index contributed by atoms with van der Waals surface area (Å²) in [5.74, 6) is 0. The molecule has 0 saturated heterocycles. The van der Waals surface area contributed by atoms with E-state index in [-0.39, 0.29) is 22.0 Å². The topological polar surface area (TPSA) is 57.2 Å². The van der Waals surface area contributed by atoms with E-state index in [1.807, 2.05) is 6.92 Å². The minimum Gasteiger partial charge on any atom is -0.744 e. The van der Waals surface area contributed by atoms with Crippen molar-refractivity contribution in [2.24, 2.45) is 0 Å². The van der Waals surface area contributed by atoms with Crippen molar-refractivity contribution in [1.29, 1.82) is 0 Å². The molecule has 1 rings (SSSR count). The maximum atomic E-state index is 10.4. The molecule has 0 atom stereocenters. The zero-order valence-corrected chi connectivity index (χ0v) is 8.22. The summed E-state index contributed by atoms with van der Waals surface area (Å²) >= 11 is 0. The van der Waals surface area contributed by atoms with E-state index in [0.717, 1.165) is 5.56 Å². The van der Waals surface area contributed by atoms with E-state index in [0.29, 0.717) is 0 Å². The monoisotopic (exact) mass is 227 g/mol. The molecule has 5 heteroatoms. The first kappa shape index (κ1) is 11.6. The fourth-order valence-corrected chi connectivity index (χ4v) is 1.17. The van der Waals surface area contributed by atoms with Crippen LogP contribution in [0.3, 0.4) is 0 Å². The van der Waals surface area contributed by atoms with Crippen molar-refractivity contribution in [3.8, 4) is 0 Å². The Labute approximate surface area is 82.0 Å². The SMILES string of the molecule is Cc1ccc(S(=O)(=O)[O-])cc1.[Fe+2]. The van der Waals surface area contributed by atoms with Crippen molar-refractivity contribution in [2.75, 3.05) is 0 Å². The molecule has 0 radical (unpaired) electrons. The van der Waals surface area contributed by atoms with E-state index in [2.05, 4.69) is 0 Å². The number of hydrogen-bond acceptors (Lipinski definition) is 3. The average Bonchev–Trinajstić information content (AvgIpc) is 1.86. The second-order valence-electron chi connectivity index (χ2n) is 2.27. The Morgan fingerprint density at radius 3 is 1.92 bits per heavy atom. The van der Waals surface area contributed by atoms with Crippen LogP contribution in [0.1, 0.15) is 5.56 Å². The van der Waals surface area contributed by atoms with Gasteiger partial charge < -0.3 is 4.55 Å². The van der Waals surface area contributed by atoms with E-state index >= 15 is 0 Å². The van der Waals surface area contributed by atoms with Crippen LogP contribution in [-0.4, -0.2) is 13.0 Å². The van der Waals surface area contributed by atoms with Crippen LogP contribution in [0.5, 0.6) is 0 Å². The summed E-state index contributed by atoms with van der Waals surface area (Å²) in [6.07, 6.45) is 0. The van der Waals surface area contributed by atoms with Crippen LogP contribution in [0.4, 0.5) is 0 Å². The Balaban J connectivity index is 0.00000121. The van der Waals surface area contributed by atoms with Crippen LogP contribution >= 0.6 is 0 Å². The van der Waals surface area contributed by atoms with Gasteiger partial charge in [-0.25, -0.2) is 8.42 Å². The molecule has 1 aromatic carbocycles. The molecule has 0 fully saturated rings. The molecule has 0 N–H and O–H groups in total. The molecule has 0 saturated carbocycles. The molecule has 66 valence electrons. The van der Waals surface area contributed by atoms with Crippen LogP contribution in [0, 0.1) is 6.92 Å². The van der Waals surface area contributed by atoms with Gasteiger partial charge in [0.1, 0.15) is 10.1 Å². The second kappa shape index (κ2) is 4.05. The Hall–Kier alpha value is -0.351. The van der Waals surface area contributed by atoms with E-state index in [4.69, 9.17) is 0 Å². The van der Waals surface area contributed by atoms with Crippen molar-refractivity contribution in [3.63, 3.8) is 0 Å². The third kappa shape index (κ3) is 2.95. The van der Waals surface area contributed by atoms with E-state index in [9.17, 15) is 13.0 Å². The normalized spacial score (nSPS) is 10.5. The minimum absolute atomic E-state index is 0. The van der Waals surface area contributed by atoms with Gasteiger partial charge in [0.05, 0.1) is 4.90 Å². The molecule has 3 nitrogen and oxygen atoms in total. The Bertz CT molecular complexity index is 341. The van der Waals surface area contributed by atoms with Crippen LogP contribution < -0.4 is 0 Å². The first-order chi connectivity index (χ1) is 5.00. The maximum Gasteiger partial charge on any atom is 2.00 e. The van der Waals surface area contributed by atoms with Crippen molar-refractivity contribution in [2.45, 2.75) is 11.8 Å². The number of benzene rings is 1. The maximum absolute atomic E-state index is 10.4. The smallest absolute Gasteiger partial charge is 0.744 e. The van der Waals surface area contributed by atoms with E-state index < -0.39 is 10.1 Å². The van der Waals surface area contributed by atoms with Crippen LogP contribution in [0.25, 0.3) is 0 Å². The van der Waals surface area contributed by atoms with Crippen LogP contribution in [0.15, 0.2) is 29.2 Å². The summed E-state index contributed by atoms with van der Waals surface area (Å²) in [5, 5.41) is 0. The third-order valence-electron chi connectivity index (χ3n) is 1.31. The first-order valence-corrected chi connectivity index (χ1v) is 4.43. The number of hydrogen-bond donors (Lipinski definition) is 0. The fourth-order valence-electron chi connectivity index (χ4n) is 0.705. The molecule has 0 bridgehead atoms. The number of aryl methyl sites for hydroxylation is 1. The minimum atomic E-state index is -4.27. The molecule has 0 aromatic heterocycles. The summed E-state index contributed by atoms with van der Waals surface area (Å²) in [5.41, 5.74) is 0.928. The Morgan fingerprint density at radius 1 is 1.17 bits per heavy atom. The van der Waals surface area contributed by atoms with E-state index in [1.54, 1.807) is 12.1 Å². The predicted octanol–water partition coefficient (Wildman–Crippen LogP) is 0.897. The molecule has 0 spiro atoms. The predicted molar refractivity (Wildman–Crippen MR) is 39.1 cm³/mol. The van der Waals surface area contributed by atoms with Gasteiger partial charge in [-0.3, -0.25) is 0 Å². The summed E-state index contributed by atoms with van der Waals surface area (Å²) in [6.45, 7) is 1.82. The quantitative estimate of drug-likeness (QED) is 0.528. The molecule has 0 unspecified atom stereocenters. The van der Waals surface area contributed by atoms with Gasteiger partial charge in [0.25, 0.3) is 0 Å². The van der Waals surface area contributed by atoms with Gasteiger partial charge in [0.2, 0.25) is 0 Å². The average molecular weight is 227 g/mol. The summed E-state index contributed by atoms with van der Waals surface area (Å²) in [7, 11) is -4.27. The summed E-state index contributed by atoms with van der Waals surface area (Å²) in [6, 6.07) is 5.78. The molecule has 1 aromatic rings. The molecule has 0 aliphatic rings. The Kier molecular flexibility index (Phi) is 3.93. The van der Waals surface area contributed by atoms with Gasteiger partial charge in [-0.15, -0.1) is 0 Å². The van der Waals surface area contributed by atoms with Gasteiger partial charge in [-0.05, 0) is 19.1 Å². The zero-order chi connectivity index (χ0) is 8.48. The molecular formula is C7H7FeO3S+. The number of rotatable bonds is 1. The Morgan fingerprint density at radius 2 is 1.58 bits per heavy atom. The van der Waals surface area contributed by atoms with Crippen molar-refractivity contribution >= 4 is 10.1 Å². The standard InChI is InChI=1S/C7H8O3S.Fe/c1-6-2-4-7(5-3-6)11(8,9)10;/h2-5H,1H3,(H,8,9,10);/q;+2/p-1. The first-order valence-electron chi connectivity index (χ1n) is 3.03. The van der Waals surface area contributed by atoms with Gasteiger partial charge >= 0.3 is 17.1 Å². The zero-order valence-electron chi connectivity index (χ0n) is 6.30. The van der Waals surface area contributed by atoms with Gasteiger partial charge in [-0.2, -0.15) is 0 Å². The molecule has 12 heavy (non-hydrogen) atoms. The third-order valence-corrected chi connectivity index (χ3v) is 2.16. The van der Waals surface area contributed by atoms with Crippen LogP contribution in [-0.2, 0) is 27.2 Å². The summed E-state index contributed by atoms with van der Waals surface area (Å²) < 4.78 is 31.2. The molecule has 0 heterocycles. The van der Waals surface area contributed by atoms with Gasteiger partial charge in [-0.1, -0.05) is 17.7 Å². The van der Waals surface area contributed by atoms with E-state index in [1.165, 1.54) is 12.1 Å². The second-order valence-corrected chi connectivity index (χ2v) is 3.65. The summed E-state index contributed by atoms with van der Waals surface area (Å²) in [4.78, 5) is -0.178. The fraction of sp³-hybridized carbons (Fsp3) is 0.143. The van der Waals surface area contributed by atoms with Gasteiger partial charge in [0, 0.05) is 0 Å². The molecule has 0 aliphatic heterocycles.